The van der Waals surface area contributed by atoms with Gasteiger partial charge in [0.05, 0.1) is 0 Å². The summed E-state index contributed by atoms with van der Waals surface area (Å²) < 4.78 is 4.81. The highest BCUT2D eigenvalue weighted by Crippen LogP contribution is 2.30. The van der Waals surface area contributed by atoms with Crippen molar-refractivity contribution in [1.29, 1.82) is 0 Å². The van der Waals surface area contributed by atoms with Crippen molar-refractivity contribution in [2.45, 2.75) is 0 Å². The van der Waals surface area contributed by atoms with Gasteiger partial charge in [-0.05, 0) is 17.5 Å². The van der Waals surface area contributed by atoms with Gasteiger partial charge in [-0.3, -0.25) is 9.59 Å². The molecule has 0 aliphatic carbocycles. The van der Waals surface area contributed by atoms with Gasteiger partial charge in [0.15, 0.2) is 0 Å². The van der Waals surface area contributed by atoms with Gasteiger partial charge in [-0.15, -0.1) is 0 Å². The Morgan fingerprint density at radius 1 is 1.10 bits per heavy atom. The molecule has 21 heavy (non-hydrogen) atoms. The van der Waals surface area contributed by atoms with Gasteiger partial charge >= 0.3 is 6.09 Å². The van der Waals surface area contributed by atoms with E-state index < -0.39 is 17.9 Å². The van der Waals surface area contributed by atoms with E-state index >= 15 is 0 Å². The van der Waals surface area contributed by atoms with Gasteiger partial charge in [-0.2, -0.15) is 4.90 Å². The second kappa shape index (κ2) is 4.86. The number of ether oxygens (including phenoxy) is 1. The molecule has 0 aromatic heterocycles. The lowest BCUT2D eigenvalue weighted by Crippen LogP contribution is -2.44. The van der Waals surface area contributed by atoms with Crippen molar-refractivity contribution in [2.24, 2.45) is 0 Å². The van der Waals surface area contributed by atoms with Gasteiger partial charge in [0.2, 0.25) is 0 Å². The first-order chi connectivity index (χ1) is 10.1. The molecule has 3 rings (SSSR count). The number of carbonyl (C=O) groups is 3. The van der Waals surface area contributed by atoms with Crippen LogP contribution >= 0.6 is 0 Å². The van der Waals surface area contributed by atoms with E-state index in [1.807, 2.05) is 12.1 Å². The number of hydrogen-bond acceptors (Lipinski definition) is 4. The molecular formula is C16H11NO4. The molecule has 0 unspecified atom stereocenters. The summed E-state index contributed by atoms with van der Waals surface area (Å²) in [6.07, 6.45) is 0.377. The SMILES string of the molecule is C=CCOC(=O)N1C(=O)c2cccc3cccc(c23)C1=O. The summed E-state index contributed by atoms with van der Waals surface area (Å²) in [5.74, 6) is -1.34. The lowest BCUT2D eigenvalue weighted by Gasteiger charge is -2.24. The molecule has 0 saturated carbocycles. The molecule has 2 aromatic carbocycles. The van der Waals surface area contributed by atoms with Crippen LogP contribution in [0.25, 0.3) is 10.8 Å². The summed E-state index contributed by atoms with van der Waals surface area (Å²) in [4.78, 5) is 37.2. The van der Waals surface area contributed by atoms with Crippen LogP contribution in [0.3, 0.4) is 0 Å². The maximum atomic E-state index is 12.4. The Kier molecular flexibility index (Phi) is 3.02. The van der Waals surface area contributed by atoms with E-state index in [1.54, 1.807) is 24.3 Å². The Morgan fingerprint density at radius 3 is 2.19 bits per heavy atom. The lowest BCUT2D eigenvalue weighted by atomic mass is 9.94. The molecule has 0 saturated heterocycles. The van der Waals surface area contributed by atoms with Gasteiger partial charge in [0, 0.05) is 16.5 Å². The predicted octanol–water partition coefficient (Wildman–Crippen LogP) is 2.76. The van der Waals surface area contributed by atoms with Crippen molar-refractivity contribution in [2.75, 3.05) is 6.61 Å². The number of carbonyl (C=O) groups excluding carboxylic acids is 3. The minimum absolute atomic E-state index is 0.0677. The number of rotatable bonds is 2. The number of imide groups is 3. The van der Waals surface area contributed by atoms with Crippen LogP contribution in [-0.4, -0.2) is 29.4 Å². The first kappa shape index (κ1) is 13.1. The number of benzene rings is 2. The molecule has 0 atom stereocenters. The third kappa shape index (κ3) is 1.90. The molecule has 5 heteroatoms. The highest BCUT2D eigenvalue weighted by Gasteiger charge is 2.37. The van der Waals surface area contributed by atoms with E-state index in [-0.39, 0.29) is 6.61 Å². The normalized spacial score (nSPS) is 13.4. The molecule has 3 amide bonds. The molecule has 0 bridgehead atoms. The molecule has 0 spiro atoms. The number of nitrogens with zero attached hydrogens (tertiary/aromatic N) is 1. The van der Waals surface area contributed by atoms with Gasteiger partial charge in [0.1, 0.15) is 6.61 Å². The van der Waals surface area contributed by atoms with Crippen molar-refractivity contribution >= 4 is 28.7 Å². The van der Waals surface area contributed by atoms with E-state index in [0.29, 0.717) is 21.4 Å². The Morgan fingerprint density at radius 2 is 1.67 bits per heavy atom. The summed E-state index contributed by atoms with van der Waals surface area (Å²) in [5.41, 5.74) is 0.636. The van der Waals surface area contributed by atoms with Crippen LogP contribution < -0.4 is 0 Å². The summed E-state index contributed by atoms with van der Waals surface area (Å²) in [5, 5.41) is 1.36. The highest BCUT2D eigenvalue weighted by molar-refractivity contribution is 6.30. The molecule has 104 valence electrons. The second-order valence-electron chi connectivity index (χ2n) is 4.52. The first-order valence-electron chi connectivity index (χ1n) is 6.33. The highest BCUT2D eigenvalue weighted by atomic mass is 16.6. The fraction of sp³-hybridized carbons (Fsp3) is 0.0625. The lowest BCUT2D eigenvalue weighted by molar-refractivity contribution is 0.0565. The van der Waals surface area contributed by atoms with Gasteiger partial charge < -0.3 is 4.74 Å². The Hall–Kier alpha value is -2.95. The fourth-order valence-corrected chi connectivity index (χ4v) is 2.39. The molecule has 0 radical (unpaired) electrons. The van der Waals surface area contributed by atoms with Crippen LogP contribution in [-0.2, 0) is 4.74 Å². The van der Waals surface area contributed by atoms with Crippen molar-refractivity contribution < 1.29 is 19.1 Å². The number of hydrogen-bond donors (Lipinski definition) is 0. The smallest absolute Gasteiger partial charge is 0.424 e. The summed E-state index contributed by atoms with van der Waals surface area (Å²) in [7, 11) is 0. The Bertz CT molecular complexity index is 743. The number of amides is 3. The monoisotopic (exact) mass is 281 g/mol. The summed E-state index contributed by atoms with van der Waals surface area (Å²) in [6, 6.07) is 10.2. The minimum atomic E-state index is -0.989. The van der Waals surface area contributed by atoms with Crippen LogP contribution in [0.5, 0.6) is 0 Å². The molecule has 5 nitrogen and oxygen atoms in total. The van der Waals surface area contributed by atoms with Gasteiger partial charge in [-0.1, -0.05) is 36.9 Å². The fourth-order valence-electron chi connectivity index (χ4n) is 2.39. The zero-order valence-electron chi connectivity index (χ0n) is 11.0. The maximum absolute atomic E-state index is 12.4. The Labute approximate surface area is 120 Å². The average Bonchev–Trinajstić information content (AvgIpc) is 2.50. The van der Waals surface area contributed by atoms with Crippen LogP contribution in [0.1, 0.15) is 20.7 Å². The summed E-state index contributed by atoms with van der Waals surface area (Å²) >= 11 is 0. The first-order valence-corrected chi connectivity index (χ1v) is 6.33. The zero-order chi connectivity index (χ0) is 15.0. The second-order valence-corrected chi connectivity index (χ2v) is 4.52. The van der Waals surface area contributed by atoms with E-state index in [9.17, 15) is 14.4 Å². The third-order valence-electron chi connectivity index (χ3n) is 3.28. The summed E-state index contributed by atoms with van der Waals surface area (Å²) in [6.45, 7) is 3.35. The van der Waals surface area contributed by atoms with Crippen LogP contribution in [0.2, 0.25) is 0 Å². The zero-order valence-corrected chi connectivity index (χ0v) is 11.0. The predicted molar refractivity (Wildman–Crippen MR) is 76.0 cm³/mol. The van der Waals surface area contributed by atoms with Gasteiger partial charge in [-0.25, -0.2) is 4.79 Å². The van der Waals surface area contributed by atoms with E-state index in [1.165, 1.54) is 6.08 Å². The molecule has 0 N–H and O–H groups in total. The van der Waals surface area contributed by atoms with Gasteiger partial charge in [0.25, 0.3) is 11.8 Å². The van der Waals surface area contributed by atoms with Crippen LogP contribution in [0.4, 0.5) is 4.79 Å². The minimum Gasteiger partial charge on any atom is -0.445 e. The third-order valence-corrected chi connectivity index (χ3v) is 3.28. The topological polar surface area (TPSA) is 63.7 Å². The molecule has 1 aliphatic heterocycles. The van der Waals surface area contributed by atoms with Crippen molar-refractivity contribution in [3.05, 3.63) is 60.2 Å². The quantitative estimate of drug-likeness (QED) is 0.627. The van der Waals surface area contributed by atoms with E-state index in [4.69, 9.17) is 4.74 Å². The standard InChI is InChI=1S/C16H11NO4/c1-2-9-21-16(20)17-14(18)11-7-3-5-10-6-4-8-12(13(10)11)15(17)19/h2-8H,1,9H2. The maximum Gasteiger partial charge on any atom is 0.424 e. The van der Waals surface area contributed by atoms with Crippen molar-refractivity contribution in [3.8, 4) is 0 Å². The Balaban J connectivity index is 2.15. The molecule has 1 heterocycles. The van der Waals surface area contributed by atoms with Crippen molar-refractivity contribution in [1.82, 2.24) is 4.90 Å². The molecule has 2 aromatic rings. The molecular weight excluding hydrogens is 270 g/mol. The van der Waals surface area contributed by atoms with E-state index in [0.717, 1.165) is 5.39 Å². The van der Waals surface area contributed by atoms with Crippen LogP contribution in [0.15, 0.2) is 49.1 Å². The van der Waals surface area contributed by atoms with Crippen molar-refractivity contribution in [3.63, 3.8) is 0 Å². The molecule has 1 aliphatic rings. The average molecular weight is 281 g/mol. The van der Waals surface area contributed by atoms with E-state index in [2.05, 4.69) is 6.58 Å². The van der Waals surface area contributed by atoms with Crippen LogP contribution in [0, 0.1) is 0 Å². The molecule has 0 fully saturated rings. The largest absolute Gasteiger partial charge is 0.445 e.